The summed E-state index contributed by atoms with van der Waals surface area (Å²) in [6.45, 7) is 13.0. The summed E-state index contributed by atoms with van der Waals surface area (Å²) in [6.07, 6.45) is 18.2. The maximum absolute atomic E-state index is 5.92. The van der Waals surface area contributed by atoms with Crippen molar-refractivity contribution >= 4 is 22.6 Å². The van der Waals surface area contributed by atoms with E-state index in [2.05, 4.69) is 72.3 Å². The van der Waals surface area contributed by atoms with Crippen LogP contribution in [0.5, 0.6) is 5.75 Å². The summed E-state index contributed by atoms with van der Waals surface area (Å²) in [7, 11) is 0. The molecule has 13 heteroatoms. The summed E-state index contributed by atoms with van der Waals surface area (Å²) in [4.78, 5) is 28.0. The Bertz CT molecular complexity index is 2450. The highest BCUT2D eigenvalue weighted by atomic mass is 16.5. The molecule has 0 radical (unpaired) electrons. The number of hydrogen-bond donors (Lipinski definition) is 0. The van der Waals surface area contributed by atoms with Gasteiger partial charge in [-0.15, -0.1) is 0 Å². The minimum atomic E-state index is 0.744. The van der Waals surface area contributed by atoms with E-state index < -0.39 is 0 Å². The number of nitrogens with zero attached hydrogens (tertiary/aromatic N) is 12. The Morgan fingerprint density at radius 1 is 0.574 bits per heavy atom. The molecule has 2 aliphatic rings. The Balaban J connectivity index is 0.000000142. The van der Waals surface area contributed by atoms with Crippen LogP contribution in [-0.2, 0) is 44.9 Å². The Morgan fingerprint density at radius 3 is 1.72 bits per heavy atom. The van der Waals surface area contributed by atoms with Crippen molar-refractivity contribution in [3.63, 3.8) is 0 Å². The lowest BCUT2D eigenvalue weighted by molar-refractivity contribution is 0.290. The second kappa shape index (κ2) is 13.6. The van der Waals surface area contributed by atoms with E-state index in [1.54, 1.807) is 0 Å². The molecule has 0 atom stereocenters. The molecule has 0 saturated carbocycles. The van der Waals surface area contributed by atoms with Crippen molar-refractivity contribution in [3.05, 3.63) is 111 Å². The van der Waals surface area contributed by atoms with Gasteiger partial charge in [-0.2, -0.15) is 10.2 Å². The van der Waals surface area contributed by atoms with Gasteiger partial charge in [0.05, 0.1) is 40.8 Å². The van der Waals surface area contributed by atoms with Crippen LogP contribution in [0.1, 0.15) is 93.2 Å². The minimum Gasteiger partial charge on any atom is -0.489 e. The van der Waals surface area contributed by atoms with E-state index in [-0.39, 0.29) is 0 Å². The fourth-order valence-corrected chi connectivity index (χ4v) is 7.99. The van der Waals surface area contributed by atoms with Crippen molar-refractivity contribution in [2.75, 3.05) is 6.61 Å². The summed E-state index contributed by atoms with van der Waals surface area (Å²) >= 11 is 0. The molecule has 0 saturated heterocycles. The van der Waals surface area contributed by atoms with E-state index in [1.165, 1.54) is 41.6 Å². The number of aryl methyl sites for hydroxylation is 13. The van der Waals surface area contributed by atoms with Crippen LogP contribution < -0.4 is 4.74 Å². The molecule has 8 aromatic rings. The molecule has 0 unspecified atom stereocenters. The molecule has 9 heterocycles. The molecule has 10 rings (SSSR count). The maximum atomic E-state index is 5.92. The highest BCUT2D eigenvalue weighted by Crippen LogP contribution is 2.31. The lowest BCUT2D eigenvalue weighted by Crippen LogP contribution is -2.09. The number of ether oxygens (including phenoxy) is 1. The van der Waals surface area contributed by atoms with E-state index in [0.29, 0.717) is 0 Å². The highest BCUT2D eigenvalue weighted by molar-refractivity contribution is 5.61. The van der Waals surface area contributed by atoms with Gasteiger partial charge in [0.2, 0.25) is 0 Å². The number of rotatable bonds is 6. The Labute approximate surface area is 313 Å². The summed E-state index contributed by atoms with van der Waals surface area (Å²) in [5.74, 6) is 2.62. The van der Waals surface area contributed by atoms with Crippen molar-refractivity contribution in [2.45, 2.75) is 106 Å². The Morgan fingerprint density at radius 2 is 1.11 bits per heavy atom. The molecule has 0 spiro atoms. The first kappa shape index (κ1) is 34.1. The largest absolute Gasteiger partial charge is 0.489 e. The summed E-state index contributed by atoms with van der Waals surface area (Å²) in [6, 6.07) is 4.43. The highest BCUT2D eigenvalue weighted by Gasteiger charge is 2.20. The van der Waals surface area contributed by atoms with Crippen molar-refractivity contribution in [1.29, 1.82) is 0 Å². The molecule has 276 valence electrons. The monoisotopic (exact) mass is 722 g/mol. The molecular weight excluding hydrogens is 677 g/mol. The van der Waals surface area contributed by atoms with Crippen molar-refractivity contribution < 1.29 is 4.74 Å². The molecule has 0 N–H and O–H groups in total. The minimum absolute atomic E-state index is 0.744. The second-order valence-electron chi connectivity index (χ2n) is 14.8. The normalized spacial score (nSPS) is 14.0. The van der Waals surface area contributed by atoms with Gasteiger partial charge in [0.1, 0.15) is 5.65 Å². The molecule has 1 aliphatic heterocycles. The third-order valence-electron chi connectivity index (χ3n) is 11.1. The van der Waals surface area contributed by atoms with Crippen LogP contribution in [0, 0.1) is 41.5 Å². The lowest BCUT2D eigenvalue weighted by Gasteiger charge is -2.17. The van der Waals surface area contributed by atoms with Gasteiger partial charge < -0.3 is 13.5 Å². The van der Waals surface area contributed by atoms with Gasteiger partial charge in [0, 0.05) is 49.0 Å². The summed E-state index contributed by atoms with van der Waals surface area (Å²) < 4.78 is 14.1. The predicted molar refractivity (Wildman–Crippen MR) is 206 cm³/mol. The predicted octanol–water partition coefficient (Wildman–Crippen LogP) is 6.17. The first-order valence-corrected chi connectivity index (χ1v) is 19.2. The second-order valence-corrected chi connectivity index (χ2v) is 14.8. The fourth-order valence-electron chi connectivity index (χ4n) is 7.99. The molecule has 0 amide bonds. The van der Waals surface area contributed by atoms with E-state index in [1.807, 2.05) is 49.1 Å². The smallest absolute Gasteiger partial charge is 0.180 e. The number of aromatic nitrogens is 12. The standard InChI is InChI=1S/C21H24N6.C20H22N6O/c1-13-12-22-14(2)20-24-19(25-27(13)20)9-8-18-15(3)26-11-10-16-6-4-5-7-17(16)21(26)23-18;1-12-11-21-13(2)19-23-17(24-26(12)19)7-6-16-14(3)25-9-8-15-5-4-10-27-18(15)20(25)22-16/h10-12H,4-9H2,1-3H3;8-9,11H,4-7,10H2,1-3H3. The van der Waals surface area contributed by atoms with Crippen molar-refractivity contribution in [1.82, 2.24) is 57.9 Å². The number of fused-ring (bicyclic) bond motifs is 8. The van der Waals surface area contributed by atoms with Crippen molar-refractivity contribution in [3.8, 4) is 5.75 Å². The quantitative estimate of drug-likeness (QED) is 0.198. The molecular formula is C41H46N12O. The van der Waals surface area contributed by atoms with E-state index >= 15 is 0 Å². The molecule has 13 nitrogen and oxygen atoms in total. The van der Waals surface area contributed by atoms with Crippen LogP contribution in [0.25, 0.3) is 22.6 Å². The number of hydrogen-bond acceptors (Lipinski definition) is 9. The van der Waals surface area contributed by atoms with Gasteiger partial charge in [-0.05, 0) is 122 Å². The fraction of sp³-hybridized carbons (Fsp3) is 0.415. The first-order valence-electron chi connectivity index (χ1n) is 19.2. The average Bonchev–Trinajstić information content (AvgIpc) is 3.98. The van der Waals surface area contributed by atoms with E-state index in [9.17, 15) is 0 Å². The maximum Gasteiger partial charge on any atom is 0.180 e. The van der Waals surface area contributed by atoms with Gasteiger partial charge in [-0.3, -0.25) is 9.97 Å². The molecule has 0 fully saturated rings. The summed E-state index contributed by atoms with van der Waals surface area (Å²) in [5, 5.41) is 9.32. The molecule has 8 aromatic heterocycles. The van der Waals surface area contributed by atoms with Crippen LogP contribution >= 0.6 is 0 Å². The third-order valence-corrected chi connectivity index (χ3v) is 11.1. The molecule has 1 aliphatic carbocycles. The average molecular weight is 723 g/mol. The van der Waals surface area contributed by atoms with Crippen LogP contribution in [0.3, 0.4) is 0 Å². The molecule has 0 aromatic carbocycles. The lowest BCUT2D eigenvalue weighted by atomic mass is 9.93. The van der Waals surface area contributed by atoms with Crippen LogP contribution in [0.2, 0.25) is 0 Å². The number of imidazole rings is 2. The van der Waals surface area contributed by atoms with Crippen molar-refractivity contribution in [2.24, 2.45) is 0 Å². The zero-order valence-electron chi connectivity index (χ0n) is 32.0. The van der Waals surface area contributed by atoms with Gasteiger partial charge in [0.25, 0.3) is 0 Å². The third kappa shape index (κ3) is 5.95. The molecule has 0 bridgehead atoms. The van der Waals surface area contributed by atoms with Gasteiger partial charge in [-0.25, -0.2) is 29.0 Å². The van der Waals surface area contributed by atoms with Gasteiger partial charge in [-0.1, -0.05) is 0 Å². The topological polar surface area (TPSA) is 130 Å². The van der Waals surface area contributed by atoms with Gasteiger partial charge in [0.15, 0.2) is 34.3 Å². The zero-order chi connectivity index (χ0) is 37.1. The van der Waals surface area contributed by atoms with Crippen LogP contribution in [0.4, 0.5) is 0 Å². The molecule has 54 heavy (non-hydrogen) atoms. The van der Waals surface area contributed by atoms with Crippen LogP contribution in [-0.4, -0.2) is 64.5 Å². The SMILES string of the molecule is Cc1ncc(C)n2nc(CCc3nc4c5c(ccn4c3C)CCCC5)nc12.Cc1ncc(C)n2nc(CCc3nc4c5c(ccn4c3C)CCCO5)nc12. The van der Waals surface area contributed by atoms with E-state index in [4.69, 9.17) is 19.7 Å². The Kier molecular flexibility index (Phi) is 8.58. The Hall–Kier alpha value is -5.72. The van der Waals surface area contributed by atoms with Crippen LogP contribution in [0.15, 0.2) is 36.9 Å². The number of pyridine rings is 2. The summed E-state index contributed by atoms with van der Waals surface area (Å²) in [5.41, 5.74) is 16.4. The zero-order valence-corrected chi connectivity index (χ0v) is 32.0. The van der Waals surface area contributed by atoms with E-state index in [0.717, 1.165) is 131 Å². The van der Waals surface area contributed by atoms with Gasteiger partial charge >= 0.3 is 0 Å². The first-order chi connectivity index (χ1) is 26.2.